The molecular formula is C22H28N2O5S. The molecule has 0 spiro atoms. The number of carbonyl (C=O) groups excluding carboxylic acids is 1. The van der Waals surface area contributed by atoms with Gasteiger partial charge in [0.1, 0.15) is 16.7 Å². The summed E-state index contributed by atoms with van der Waals surface area (Å²) in [7, 11) is -2.58. The van der Waals surface area contributed by atoms with E-state index in [0.717, 1.165) is 24.0 Å². The second-order valence-corrected chi connectivity index (χ2v) is 9.08. The summed E-state index contributed by atoms with van der Waals surface area (Å²) in [6, 6.07) is 13.3. The highest BCUT2D eigenvalue weighted by atomic mass is 32.2. The van der Waals surface area contributed by atoms with Crippen LogP contribution < -0.4 is 14.8 Å². The van der Waals surface area contributed by atoms with Crippen molar-refractivity contribution in [1.29, 1.82) is 0 Å². The molecule has 0 bridgehead atoms. The maximum Gasteiger partial charge on any atom is 0.244 e. The Labute approximate surface area is 177 Å². The van der Waals surface area contributed by atoms with Crippen LogP contribution in [0.5, 0.6) is 5.75 Å². The first-order valence-corrected chi connectivity index (χ1v) is 11.5. The third-order valence-electron chi connectivity index (χ3n) is 5.03. The van der Waals surface area contributed by atoms with E-state index in [1.54, 1.807) is 19.1 Å². The molecule has 3 rings (SSSR count). The van der Waals surface area contributed by atoms with E-state index < -0.39 is 16.1 Å². The molecule has 1 aliphatic heterocycles. The molecule has 0 unspecified atom stereocenters. The molecule has 162 valence electrons. The van der Waals surface area contributed by atoms with E-state index in [4.69, 9.17) is 9.47 Å². The third-order valence-corrected chi connectivity index (χ3v) is 6.53. The Balaban J connectivity index is 1.81. The standard InChI is InChI=1S/C22H28N2O5S/c1-16-10-11-20(28-2)21(13-16)30(26,27)24-19(14-17-7-4-3-5-8-17)22(25)23-15-18-9-6-12-29-18/h3-5,7-8,10-11,13,18-19,24H,6,9,12,14-15H2,1-2H3,(H,23,25)/t18-,19+/m0/s1. The van der Waals surface area contributed by atoms with Crippen molar-refractivity contribution in [2.75, 3.05) is 20.3 Å². The zero-order chi connectivity index (χ0) is 21.6. The number of rotatable bonds is 9. The van der Waals surface area contributed by atoms with Crippen LogP contribution in [0.25, 0.3) is 0 Å². The highest BCUT2D eigenvalue weighted by molar-refractivity contribution is 7.89. The highest BCUT2D eigenvalue weighted by Crippen LogP contribution is 2.25. The number of methoxy groups -OCH3 is 1. The van der Waals surface area contributed by atoms with E-state index >= 15 is 0 Å². The number of aryl methyl sites for hydroxylation is 1. The summed E-state index contributed by atoms with van der Waals surface area (Å²) < 4.78 is 39.6. The lowest BCUT2D eigenvalue weighted by Crippen LogP contribution is -2.49. The molecule has 1 amide bonds. The number of carbonyl (C=O) groups is 1. The van der Waals surface area contributed by atoms with Crippen LogP contribution in [0.1, 0.15) is 24.0 Å². The zero-order valence-corrected chi connectivity index (χ0v) is 18.1. The average molecular weight is 433 g/mol. The molecule has 2 atom stereocenters. The van der Waals surface area contributed by atoms with Gasteiger partial charge in [0.2, 0.25) is 15.9 Å². The molecule has 2 N–H and O–H groups in total. The second-order valence-electron chi connectivity index (χ2n) is 7.40. The van der Waals surface area contributed by atoms with Crippen molar-refractivity contribution in [1.82, 2.24) is 10.0 Å². The molecule has 1 aliphatic rings. The van der Waals surface area contributed by atoms with E-state index in [1.807, 2.05) is 30.3 Å². The van der Waals surface area contributed by atoms with Crippen LogP contribution in [0.15, 0.2) is 53.4 Å². The van der Waals surface area contributed by atoms with Gasteiger partial charge in [-0.15, -0.1) is 0 Å². The van der Waals surface area contributed by atoms with Crippen molar-refractivity contribution >= 4 is 15.9 Å². The molecule has 0 radical (unpaired) electrons. The van der Waals surface area contributed by atoms with E-state index in [2.05, 4.69) is 10.0 Å². The van der Waals surface area contributed by atoms with E-state index in [1.165, 1.54) is 13.2 Å². The van der Waals surface area contributed by atoms with E-state index in [9.17, 15) is 13.2 Å². The first kappa shape index (κ1) is 22.3. The molecule has 0 aliphatic carbocycles. The van der Waals surface area contributed by atoms with Gasteiger partial charge < -0.3 is 14.8 Å². The number of benzene rings is 2. The van der Waals surface area contributed by atoms with Crippen LogP contribution in [-0.2, 0) is 26.0 Å². The fraction of sp³-hybridized carbons (Fsp3) is 0.409. The number of nitrogens with one attached hydrogen (secondary N) is 2. The molecule has 1 heterocycles. The predicted octanol–water partition coefficient (Wildman–Crippen LogP) is 2.19. The normalized spacial score (nSPS) is 17.5. The molecule has 0 saturated carbocycles. The summed E-state index contributed by atoms with van der Waals surface area (Å²) in [4.78, 5) is 12.9. The summed E-state index contributed by atoms with van der Waals surface area (Å²) >= 11 is 0. The molecule has 8 heteroatoms. The number of ether oxygens (including phenoxy) is 2. The third kappa shape index (κ3) is 5.81. The predicted molar refractivity (Wildman–Crippen MR) is 114 cm³/mol. The van der Waals surface area contributed by atoms with Crippen molar-refractivity contribution in [2.45, 2.75) is 43.2 Å². The van der Waals surface area contributed by atoms with Gasteiger partial charge in [-0.25, -0.2) is 8.42 Å². The topological polar surface area (TPSA) is 93.7 Å². The highest BCUT2D eigenvalue weighted by Gasteiger charge is 2.29. The minimum Gasteiger partial charge on any atom is -0.495 e. The van der Waals surface area contributed by atoms with Gasteiger partial charge in [0.25, 0.3) is 0 Å². The number of hydrogen-bond donors (Lipinski definition) is 2. The monoisotopic (exact) mass is 432 g/mol. The van der Waals surface area contributed by atoms with Crippen LogP contribution in [-0.4, -0.2) is 46.7 Å². The Kier molecular flexibility index (Phi) is 7.47. The lowest BCUT2D eigenvalue weighted by atomic mass is 10.1. The van der Waals surface area contributed by atoms with Crippen LogP contribution in [0.4, 0.5) is 0 Å². The lowest BCUT2D eigenvalue weighted by Gasteiger charge is -2.21. The molecule has 1 saturated heterocycles. The van der Waals surface area contributed by atoms with Crippen molar-refractivity contribution in [3.05, 3.63) is 59.7 Å². The van der Waals surface area contributed by atoms with Gasteiger partial charge in [0.05, 0.1) is 13.2 Å². The molecule has 2 aromatic carbocycles. The minimum absolute atomic E-state index is 0.00925. The Bertz CT molecular complexity index is 957. The maximum absolute atomic E-state index is 13.1. The molecule has 30 heavy (non-hydrogen) atoms. The van der Waals surface area contributed by atoms with Gasteiger partial charge in [0.15, 0.2) is 0 Å². The Morgan fingerprint density at radius 1 is 1.23 bits per heavy atom. The summed E-state index contributed by atoms with van der Waals surface area (Å²) in [6.45, 7) is 2.85. The fourth-order valence-corrected chi connectivity index (χ4v) is 4.87. The van der Waals surface area contributed by atoms with Crippen molar-refractivity contribution in [3.8, 4) is 5.75 Å². The molecule has 0 aromatic heterocycles. The first-order chi connectivity index (χ1) is 14.4. The molecule has 7 nitrogen and oxygen atoms in total. The smallest absolute Gasteiger partial charge is 0.244 e. The Morgan fingerprint density at radius 2 is 2.00 bits per heavy atom. The van der Waals surface area contributed by atoms with Crippen molar-refractivity contribution in [2.24, 2.45) is 0 Å². The van der Waals surface area contributed by atoms with Gasteiger partial charge in [-0.1, -0.05) is 36.4 Å². The number of amides is 1. The average Bonchev–Trinajstić information content (AvgIpc) is 3.26. The molecular weight excluding hydrogens is 404 g/mol. The van der Waals surface area contributed by atoms with Crippen molar-refractivity contribution < 1.29 is 22.7 Å². The van der Waals surface area contributed by atoms with Crippen LogP contribution >= 0.6 is 0 Å². The number of hydrogen-bond acceptors (Lipinski definition) is 5. The first-order valence-electron chi connectivity index (χ1n) is 9.99. The summed E-state index contributed by atoms with van der Waals surface area (Å²) in [5.74, 6) is -0.157. The van der Waals surface area contributed by atoms with Gasteiger partial charge in [-0.2, -0.15) is 4.72 Å². The summed E-state index contributed by atoms with van der Waals surface area (Å²) in [6.07, 6.45) is 2.05. The summed E-state index contributed by atoms with van der Waals surface area (Å²) in [5, 5.41) is 2.84. The number of sulfonamides is 1. The van der Waals surface area contributed by atoms with E-state index in [-0.39, 0.29) is 29.1 Å². The second kappa shape index (κ2) is 10.1. The van der Waals surface area contributed by atoms with Crippen molar-refractivity contribution in [3.63, 3.8) is 0 Å². The zero-order valence-electron chi connectivity index (χ0n) is 17.3. The van der Waals surface area contributed by atoms with E-state index in [0.29, 0.717) is 13.2 Å². The van der Waals surface area contributed by atoms with Crippen LogP contribution in [0.2, 0.25) is 0 Å². The van der Waals surface area contributed by atoms with Gasteiger partial charge in [-0.05, 0) is 49.4 Å². The summed E-state index contributed by atoms with van der Waals surface area (Å²) in [5.41, 5.74) is 1.63. The quantitative estimate of drug-likeness (QED) is 0.634. The fourth-order valence-electron chi connectivity index (χ4n) is 3.43. The van der Waals surface area contributed by atoms with Crippen LogP contribution in [0.3, 0.4) is 0 Å². The Hall–Kier alpha value is -2.42. The SMILES string of the molecule is COc1ccc(C)cc1S(=O)(=O)N[C@H](Cc1ccccc1)C(=O)NC[C@@H]1CCCO1. The van der Waals surface area contributed by atoms with Crippen LogP contribution in [0, 0.1) is 6.92 Å². The molecule has 2 aromatic rings. The largest absolute Gasteiger partial charge is 0.495 e. The minimum atomic E-state index is -3.99. The maximum atomic E-state index is 13.1. The lowest BCUT2D eigenvalue weighted by molar-refractivity contribution is -0.123. The van der Waals surface area contributed by atoms with Gasteiger partial charge in [-0.3, -0.25) is 4.79 Å². The van der Waals surface area contributed by atoms with Gasteiger partial charge >= 0.3 is 0 Å². The molecule has 1 fully saturated rings. The van der Waals surface area contributed by atoms with Gasteiger partial charge in [0, 0.05) is 13.2 Å². The Morgan fingerprint density at radius 3 is 2.67 bits per heavy atom.